The van der Waals surface area contributed by atoms with Crippen LogP contribution in [0.5, 0.6) is 0 Å². The van der Waals surface area contributed by atoms with Gasteiger partial charge < -0.3 is 15.0 Å². The molecule has 0 bridgehead atoms. The van der Waals surface area contributed by atoms with Crippen LogP contribution in [0.2, 0.25) is 5.15 Å². The Morgan fingerprint density at radius 1 is 1.23 bits per heavy atom. The summed E-state index contributed by atoms with van der Waals surface area (Å²) in [6, 6.07) is 2.59. The van der Waals surface area contributed by atoms with E-state index >= 15 is 0 Å². The molecule has 1 aliphatic carbocycles. The molecule has 2 aliphatic heterocycles. The molecule has 3 fully saturated rings. The van der Waals surface area contributed by atoms with Crippen molar-refractivity contribution in [3.8, 4) is 6.07 Å². The van der Waals surface area contributed by atoms with E-state index in [1.165, 1.54) is 32.5 Å². The number of nitrogens with zero attached hydrogens (tertiary/aromatic N) is 4. The van der Waals surface area contributed by atoms with Gasteiger partial charge in [0, 0.05) is 44.5 Å². The zero-order valence-electron chi connectivity index (χ0n) is 15.2. The van der Waals surface area contributed by atoms with Crippen LogP contribution in [-0.4, -0.2) is 54.0 Å². The molecule has 0 radical (unpaired) electrons. The molecular formula is C19H26ClN5O. The molecule has 140 valence electrons. The van der Waals surface area contributed by atoms with Crippen LogP contribution in [-0.2, 0) is 4.74 Å². The van der Waals surface area contributed by atoms with Crippen LogP contribution in [0.25, 0.3) is 0 Å². The molecular weight excluding hydrogens is 350 g/mol. The van der Waals surface area contributed by atoms with Gasteiger partial charge in [-0.05, 0) is 50.4 Å². The van der Waals surface area contributed by atoms with Gasteiger partial charge in [0.1, 0.15) is 11.6 Å². The Morgan fingerprint density at radius 3 is 2.58 bits per heavy atom. The summed E-state index contributed by atoms with van der Waals surface area (Å²) in [5, 5.41) is 21.3. The molecule has 0 spiro atoms. The molecule has 1 aromatic rings. The minimum absolute atomic E-state index is 0.305. The minimum Gasteiger partial charge on any atom is -0.381 e. The molecule has 0 aromatic carbocycles. The van der Waals surface area contributed by atoms with E-state index in [4.69, 9.17) is 16.3 Å². The highest BCUT2D eigenvalue weighted by Crippen LogP contribution is 2.40. The van der Waals surface area contributed by atoms with E-state index in [1.807, 2.05) is 6.92 Å². The second kappa shape index (κ2) is 7.67. The normalized spacial score (nSPS) is 29.5. The quantitative estimate of drug-likeness (QED) is 0.872. The van der Waals surface area contributed by atoms with Gasteiger partial charge in [-0.25, -0.2) is 0 Å². The number of aromatic nitrogens is 2. The fourth-order valence-electron chi connectivity index (χ4n) is 4.89. The lowest BCUT2D eigenvalue weighted by atomic mass is 10.00. The van der Waals surface area contributed by atoms with E-state index in [0.717, 1.165) is 43.8 Å². The largest absolute Gasteiger partial charge is 0.381 e. The number of hydrogen-bond donors (Lipinski definition) is 1. The van der Waals surface area contributed by atoms with Crippen LogP contribution >= 0.6 is 11.6 Å². The van der Waals surface area contributed by atoms with Crippen LogP contribution in [0.1, 0.15) is 36.8 Å². The number of halogens is 1. The molecule has 7 heteroatoms. The average Bonchev–Trinajstić information content (AvgIpc) is 3.17. The topological polar surface area (TPSA) is 74.1 Å². The SMILES string of the molecule is Cc1c(Cl)nnc(N[C@H]2C[C@@H]3CN(CC4CCOCC4)C[C@@H]3C2)c1C#N. The van der Waals surface area contributed by atoms with Crippen molar-refractivity contribution in [1.29, 1.82) is 5.26 Å². The first kappa shape index (κ1) is 18.0. The summed E-state index contributed by atoms with van der Waals surface area (Å²) in [7, 11) is 0. The van der Waals surface area contributed by atoms with Crippen molar-refractivity contribution in [2.75, 3.05) is 38.2 Å². The number of rotatable bonds is 4. The third-order valence-electron chi connectivity index (χ3n) is 6.30. The standard InChI is InChI=1S/C19H26ClN5O/c1-12-17(8-21)19(24-23-18(12)20)22-16-6-14-10-25(11-15(14)7-16)9-13-2-4-26-5-3-13/h13-16H,2-7,9-11H2,1H3,(H,22,24)/t14-,15+,16+. The second-order valence-corrected chi connectivity index (χ2v) is 8.42. The summed E-state index contributed by atoms with van der Waals surface area (Å²) in [5.74, 6) is 2.89. The number of ether oxygens (including phenoxy) is 1. The minimum atomic E-state index is 0.305. The average molecular weight is 376 g/mol. The number of nitrogens with one attached hydrogen (secondary N) is 1. The molecule has 2 saturated heterocycles. The highest BCUT2D eigenvalue weighted by atomic mass is 35.5. The summed E-state index contributed by atoms with van der Waals surface area (Å²) < 4.78 is 5.48. The van der Waals surface area contributed by atoms with Gasteiger partial charge in [0.2, 0.25) is 0 Å². The molecule has 3 aliphatic rings. The molecule has 3 atom stereocenters. The van der Waals surface area contributed by atoms with Crippen LogP contribution in [0, 0.1) is 36.0 Å². The van der Waals surface area contributed by atoms with Crippen molar-refractivity contribution in [1.82, 2.24) is 15.1 Å². The van der Waals surface area contributed by atoms with Gasteiger partial charge in [-0.15, -0.1) is 10.2 Å². The highest BCUT2D eigenvalue weighted by Gasteiger charge is 2.41. The molecule has 0 unspecified atom stereocenters. The fraction of sp³-hybridized carbons (Fsp3) is 0.737. The fourth-order valence-corrected chi connectivity index (χ4v) is 5.02. The number of nitriles is 1. The van der Waals surface area contributed by atoms with Crippen LogP contribution in [0.4, 0.5) is 5.82 Å². The van der Waals surface area contributed by atoms with E-state index < -0.39 is 0 Å². The van der Waals surface area contributed by atoms with Crippen LogP contribution < -0.4 is 5.32 Å². The molecule has 26 heavy (non-hydrogen) atoms. The maximum atomic E-state index is 9.42. The van der Waals surface area contributed by atoms with E-state index in [0.29, 0.717) is 28.1 Å². The summed E-state index contributed by atoms with van der Waals surface area (Å²) in [4.78, 5) is 2.66. The number of fused-ring (bicyclic) bond motifs is 1. The maximum Gasteiger partial charge on any atom is 0.167 e. The lowest BCUT2D eigenvalue weighted by molar-refractivity contribution is 0.0545. The zero-order chi connectivity index (χ0) is 18.1. The number of anilines is 1. The smallest absolute Gasteiger partial charge is 0.167 e. The van der Waals surface area contributed by atoms with Gasteiger partial charge in [-0.1, -0.05) is 11.6 Å². The van der Waals surface area contributed by atoms with Gasteiger partial charge >= 0.3 is 0 Å². The Bertz CT molecular complexity index is 686. The molecule has 0 amide bonds. The number of hydrogen-bond acceptors (Lipinski definition) is 6. The molecule has 1 N–H and O–H groups in total. The third kappa shape index (κ3) is 3.66. The Balaban J connectivity index is 1.32. The maximum absolute atomic E-state index is 9.42. The van der Waals surface area contributed by atoms with Gasteiger partial charge in [0.25, 0.3) is 0 Å². The van der Waals surface area contributed by atoms with Gasteiger partial charge in [-0.3, -0.25) is 0 Å². The molecule has 1 saturated carbocycles. The molecule has 4 rings (SSSR count). The first-order valence-corrected chi connectivity index (χ1v) is 10.0. The zero-order valence-corrected chi connectivity index (χ0v) is 16.0. The van der Waals surface area contributed by atoms with Crippen molar-refractivity contribution in [2.45, 2.75) is 38.6 Å². The first-order valence-electron chi connectivity index (χ1n) is 9.63. The molecule has 1 aromatic heterocycles. The monoisotopic (exact) mass is 375 g/mol. The van der Waals surface area contributed by atoms with Gasteiger partial charge in [0.05, 0.1) is 0 Å². The van der Waals surface area contributed by atoms with Crippen molar-refractivity contribution in [3.05, 3.63) is 16.3 Å². The predicted molar refractivity (Wildman–Crippen MR) is 100 cm³/mol. The van der Waals surface area contributed by atoms with Crippen molar-refractivity contribution >= 4 is 17.4 Å². The van der Waals surface area contributed by atoms with E-state index in [9.17, 15) is 5.26 Å². The predicted octanol–water partition coefficient (Wildman–Crippen LogP) is 2.86. The second-order valence-electron chi connectivity index (χ2n) is 8.06. The summed E-state index contributed by atoms with van der Waals surface area (Å²) in [6.07, 6.45) is 4.70. The highest BCUT2D eigenvalue weighted by molar-refractivity contribution is 6.30. The van der Waals surface area contributed by atoms with E-state index in [-0.39, 0.29) is 0 Å². The summed E-state index contributed by atoms with van der Waals surface area (Å²) in [5.41, 5.74) is 1.22. The van der Waals surface area contributed by atoms with Gasteiger partial charge in [0.15, 0.2) is 11.0 Å². The summed E-state index contributed by atoms with van der Waals surface area (Å²) >= 11 is 5.99. The first-order chi connectivity index (χ1) is 12.6. The molecule has 6 nitrogen and oxygen atoms in total. The van der Waals surface area contributed by atoms with Crippen LogP contribution in [0.3, 0.4) is 0 Å². The van der Waals surface area contributed by atoms with E-state index in [1.54, 1.807) is 0 Å². The Labute approximate surface area is 159 Å². The summed E-state index contributed by atoms with van der Waals surface area (Å²) in [6.45, 7) is 7.32. The lowest BCUT2D eigenvalue weighted by Gasteiger charge is -2.27. The molecule has 3 heterocycles. The van der Waals surface area contributed by atoms with E-state index in [2.05, 4.69) is 26.5 Å². The Morgan fingerprint density at radius 2 is 1.92 bits per heavy atom. The van der Waals surface area contributed by atoms with Crippen molar-refractivity contribution in [3.63, 3.8) is 0 Å². The van der Waals surface area contributed by atoms with Crippen LogP contribution in [0.15, 0.2) is 0 Å². The third-order valence-corrected chi connectivity index (χ3v) is 6.65. The Kier molecular flexibility index (Phi) is 5.30. The number of likely N-dealkylation sites (tertiary alicyclic amines) is 1. The Hall–Kier alpha value is -1.42. The van der Waals surface area contributed by atoms with Gasteiger partial charge in [-0.2, -0.15) is 5.26 Å². The van der Waals surface area contributed by atoms with Crippen molar-refractivity contribution < 1.29 is 4.74 Å². The lowest BCUT2D eigenvalue weighted by Crippen LogP contribution is -2.32. The van der Waals surface area contributed by atoms with Crippen molar-refractivity contribution in [2.24, 2.45) is 17.8 Å².